The lowest BCUT2D eigenvalue weighted by Crippen LogP contribution is -2.35. The normalized spacial score (nSPS) is 18.1. The summed E-state index contributed by atoms with van der Waals surface area (Å²) in [5.74, 6) is 1.59. The first kappa shape index (κ1) is 22.0. The number of nitrogens with one attached hydrogen (secondary N) is 2. The van der Waals surface area contributed by atoms with Gasteiger partial charge in [-0.05, 0) is 30.9 Å². The van der Waals surface area contributed by atoms with Crippen LogP contribution in [0.15, 0.2) is 24.5 Å². The van der Waals surface area contributed by atoms with Crippen LogP contribution in [0.1, 0.15) is 57.4 Å². The molecule has 7 heteroatoms. The third-order valence-electron chi connectivity index (χ3n) is 6.16. The number of anilines is 2. The van der Waals surface area contributed by atoms with Gasteiger partial charge in [-0.15, -0.1) is 0 Å². The Morgan fingerprint density at radius 1 is 1.06 bits per heavy atom. The van der Waals surface area contributed by atoms with Crippen LogP contribution in [0, 0.1) is 0 Å². The quantitative estimate of drug-likeness (QED) is 0.580. The van der Waals surface area contributed by atoms with Crippen LogP contribution in [-0.2, 0) is 11.3 Å². The van der Waals surface area contributed by atoms with Crippen LogP contribution in [0.5, 0.6) is 0 Å². The number of morpholine rings is 1. The van der Waals surface area contributed by atoms with E-state index in [2.05, 4.69) is 39.6 Å². The molecule has 0 spiro atoms. The lowest BCUT2D eigenvalue weighted by Gasteiger charge is -2.26. The van der Waals surface area contributed by atoms with Crippen molar-refractivity contribution >= 4 is 11.8 Å². The van der Waals surface area contributed by atoms with Gasteiger partial charge in [0.1, 0.15) is 5.82 Å². The van der Waals surface area contributed by atoms with Gasteiger partial charge in [0.25, 0.3) is 0 Å². The summed E-state index contributed by atoms with van der Waals surface area (Å²) < 4.78 is 5.45. The molecule has 0 radical (unpaired) electrons. The zero-order chi connectivity index (χ0) is 21.3. The highest BCUT2D eigenvalue weighted by Gasteiger charge is 2.18. The molecule has 0 atom stereocenters. The van der Waals surface area contributed by atoms with E-state index in [1.807, 2.05) is 12.4 Å². The molecule has 168 valence electrons. The molecule has 4 rings (SSSR count). The topological polar surface area (TPSA) is 75.2 Å². The molecule has 1 saturated heterocycles. The second-order valence-electron chi connectivity index (χ2n) is 8.66. The summed E-state index contributed by atoms with van der Waals surface area (Å²) in [6.45, 7) is 7.61. The van der Waals surface area contributed by atoms with Crippen LogP contribution in [-0.4, -0.2) is 58.7 Å². The van der Waals surface area contributed by atoms with Crippen LogP contribution in [0.2, 0.25) is 0 Å². The molecule has 2 aromatic heterocycles. The van der Waals surface area contributed by atoms with Gasteiger partial charge in [0.05, 0.1) is 24.5 Å². The van der Waals surface area contributed by atoms with Gasteiger partial charge in [-0.1, -0.05) is 38.7 Å². The van der Waals surface area contributed by atoms with Crippen LogP contribution >= 0.6 is 0 Å². The van der Waals surface area contributed by atoms with Gasteiger partial charge < -0.3 is 15.4 Å². The molecule has 0 unspecified atom stereocenters. The Kier molecular flexibility index (Phi) is 8.07. The average molecular weight is 425 g/mol. The fourth-order valence-electron chi connectivity index (χ4n) is 4.28. The van der Waals surface area contributed by atoms with E-state index in [0.717, 1.165) is 69.3 Å². The van der Waals surface area contributed by atoms with E-state index >= 15 is 0 Å². The van der Waals surface area contributed by atoms with Crippen molar-refractivity contribution in [1.82, 2.24) is 19.9 Å². The molecule has 1 aliphatic carbocycles. The minimum atomic E-state index is 0.478. The van der Waals surface area contributed by atoms with E-state index in [1.54, 1.807) is 0 Å². The predicted octanol–water partition coefficient (Wildman–Crippen LogP) is 4.33. The zero-order valence-electron chi connectivity index (χ0n) is 18.8. The van der Waals surface area contributed by atoms with Crippen molar-refractivity contribution in [2.75, 3.05) is 43.5 Å². The molecule has 0 amide bonds. The third-order valence-corrected chi connectivity index (χ3v) is 6.16. The minimum Gasteiger partial charge on any atom is -0.379 e. The van der Waals surface area contributed by atoms with E-state index < -0.39 is 0 Å². The van der Waals surface area contributed by atoms with Crippen molar-refractivity contribution in [2.24, 2.45) is 0 Å². The van der Waals surface area contributed by atoms with E-state index in [1.165, 1.54) is 37.7 Å². The molecule has 0 aromatic carbocycles. The van der Waals surface area contributed by atoms with E-state index in [-0.39, 0.29) is 0 Å². The maximum Gasteiger partial charge on any atom is 0.224 e. The monoisotopic (exact) mass is 424 g/mol. The molecule has 2 N–H and O–H groups in total. The molecule has 1 aliphatic heterocycles. The Hall–Kier alpha value is -2.25. The number of unbranched alkanes of at least 4 members (excludes halogenated alkanes) is 1. The number of hydrogen-bond donors (Lipinski definition) is 2. The van der Waals surface area contributed by atoms with Gasteiger partial charge in [0.2, 0.25) is 5.95 Å². The number of rotatable bonds is 9. The maximum absolute atomic E-state index is 5.45. The Morgan fingerprint density at radius 2 is 1.90 bits per heavy atom. The predicted molar refractivity (Wildman–Crippen MR) is 125 cm³/mol. The Balaban J connectivity index is 1.50. The van der Waals surface area contributed by atoms with Gasteiger partial charge in [0.15, 0.2) is 0 Å². The van der Waals surface area contributed by atoms with Gasteiger partial charge in [0, 0.05) is 44.6 Å². The summed E-state index contributed by atoms with van der Waals surface area (Å²) in [6.07, 6.45) is 12.5. The minimum absolute atomic E-state index is 0.478. The summed E-state index contributed by atoms with van der Waals surface area (Å²) in [4.78, 5) is 16.6. The Morgan fingerprint density at radius 3 is 2.65 bits per heavy atom. The number of ether oxygens (including phenoxy) is 1. The number of aromatic nitrogens is 3. The van der Waals surface area contributed by atoms with Gasteiger partial charge in [-0.3, -0.25) is 9.88 Å². The fraction of sp³-hybridized carbons (Fsp3) is 0.625. The summed E-state index contributed by atoms with van der Waals surface area (Å²) in [6, 6.07) is 4.76. The lowest BCUT2D eigenvalue weighted by atomic mass is 9.95. The van der Waals surface area contributed by atoms with Crippen molar-refractivity contribution in [3.63, 3.8) is 0 Å². The fourth-order valence-corrected chi connectivity index (χ4v) is 4.28. The van der Waals surface area contributed by atoms with Crippen molar-refractivity contribution in [3.05, 3.63) is 30.1 Å². The molecule has 2 aromatic rings. The molecule has 3 heterocycles. The van der Waals surface area contributed by atoms with Crippen LogP contribution in [0.4, 0.5) is 11.8 Å². The zero-order valence-corrected chi connectivity index (χ0v) is 18.8. The average Bonchev–Trinajstić information content (AvgIpc) is 2.82. The first-order valence-corrected chi connectivity index (χ1v) is 11.9. The molecule has 2 aliphatic rings. The highest BCUT2D eigenvalue weighted by molar-refractivity contribution is 5.72. The van der Waals surface area contributed by atoms with Crippen LogP contribution in [0.25, 0.3) is 11.3 Å². The first-order valence-electron chi connectivity index (χ1n) is 11.9. The summed E-state index contributed by atoms with van der Waals surface area (Å²) in [5.41, 5.74) is 3.12. The number of hydrogen-bond acceptors (Lipinski definition) is 7. The van der Waals surface area contributed by atoms with Gasteiger partial charge in [-0.25, -0.2) is 4.98 Å². The SMILES string of the molecule is CCCCNc1ncc(-c2ccc(CN3CCOCC3)cn2)c(NC2CCCCC2)n1. The molecule has 0 bridgehead atoms. The summed E-state index contributed by atoms with van der Waals surface area (Å²) >= 11 is 0. The van der Waals surface area contributed by atoms with Crippen molar-refractivity contribution < 1.29 is 4.74 Å². The van der Waals surface area contributed by atoms with Gasteiger partial charge >= 0.3 is 0 Å². The lowest BCUT2D eigenvalue weighted by molar-refractivity contribution is 0.0341. The van der Waals surface area contributed by atoms with Crippen molar-refractivity contribution in [1.29, 1.82) is 0 Å². The molecule has 31 heavy (non-hydrogen) atoms. The highest BCUT2D eigenvalue weighted by Crippen LogP contribution is 2.29. The van der Waals surface area contributed by atoms with Crippen LogP contribution in [0.3, 0.4) is 0 Å². The number of nitrogens with zero attached hydrogens (tertiary/aromatic N) is 4. The molecule has 1 saturated carbocycles. The molecular formula is C24H36N6O. The van der Waals surface area contributed by atoms with Crippen LogP contribution < -0.4 is 10.6 Å². The summed E-state index contributed by atoms with van der Waals surface area (Å²) in [7, 11) is 0. The molecule has 7 nitrogen and oxygen atoms in total. The molecule has 2 fully saturated rings. The van der Waals surface area contributed by atoms with E-state index in [9.17, 15) is 0 Å². The van der Waals surface area contributed by atoms with Gasteiger partial charge in [-0.2, -0.15) is 4.98 Å². The highest BCUT2D eigenvalue weighted by atomic mass is 16.5. The second-order valence-corrected chi connectivity index (χ2v) is 8.66. The maximum atomic E-state index is 5.45. The molecular weight excluding hydrogens is 388 g/mol. The number of pyridine rings is 1. The third kappa shape index (κ3) is 6.37. The standard InChI is InChI=1S/C24H36N6O/c1-2-3-11-25-24-27-17-21(23(29-24)28-20-7-5-4-6-8-20)22-10-9-19(16-26-22)18-30-12-14-31-15-13-30/h9-10,16-17,20H,2-8,11-15,18H2,1H3,(H2,25,27,28,29). The largest absolute Gasteiger partial charge is 0.379 e. The Bertz CT molecular complexity index is 800. The van der Waals surface area contributed by atoms with Crippen molar-refractivity contribution in [2.45, 2.75) is 64.5 Å². The first-order chi connectivity index (χ1) is 15.3. The van der Waals surface area contributed by atoms with Crippen molar-refractivity contribution in [3.8, 4) is 11.3 Å². The second kappa shape index (κ2) is 11.4. The van der Waals surface area contributed by atoms with E-state index in [0.29, 0.717) is 12.0 Å². The van der Waals surface area contributed by atoms with E-state index in [4.69, 9.17) is 14.7 Å². The Labute approximate surface area is 186 Å². The summed E-state index contributed by atoms with van der Waals surface area (Å²) in [5, 5.41) is 7.06. The smallest absolute Gasteiger partial charge is 0.224 e.